The zero-order valence-electron chi connectivity index (χ0n) is 14.2. The molecule has 1 unspecified atom stereocenters. The number of nitrogens with zero attached hydrogens (tertiary/aromatic N) is 3. The molecular weight excluding hydrogens is 326 g/mol. The molecule has 0 spiro atoms. The molecule has 2 rings (SSSR count). The van der Waals surface area contributed by atoms with E-state index in [1.54, 1.807) is 6.92 Å². The van der Waals surface area contributed by atoms with Crippen LogP contribution < -0.4 is 10.6 Å². The number of urea groups is 1. The lowest BCUT2D eigenvalue weighted by atomic mass is 9.89. The maximum absolute atomic E-state index is 12.0. The minimum Gasteiger partial charge on any atom is -0.341 e. The fraction of sp³-hybridized carbons (Fsp3) is 0.625. The maximum atomic E-state index is 12.0. The quantitative estimate of drug-likeness (QED) is 0.607. The number of allylic oxidation sites excluding steroid dienone is 1. The Bertz CT molecular complexity index is 595. The van der Waals surface area contributed by atoms with Gasteiger partial charge in [-0.25, -0.2) is 4.79 Å². The van der Waals surface area contributed by atoms with Crippen LogP contribution in [0.3, 0.4) is 0 Å². The Morgan fingerprint density at radius 2 is 2.08 bits per heavy atom. The van der Waals surface area contributed by atoms with Gasteiger partial charge in [0.25, 0.3) is 0 Å². The average Bonchev–Trinajstić information content (AvgIpc) is 2.98. The fourth-order valence-corrected chi connectivity index (χ4v) is 3.70. The zero-order chi connectivity index (χ0) is 17.5. The predicted octanol–water partition coefficient (Wildman–Crippen LogP) is 2.45. The van der Waals surface area contributed by atoms with Crippen molar-refractivity contribution in [1.82, 2.24) is 25.4 Å². The van der Waals surface area contributed by atoms with Crippen LogP contribution in [0.4, 0.5) is 4.79 Å². The lowest BCUT2D eigenvalue weighted by Gasteiger charge is -2.21. The Hall–Kier alpha value is -1.83. The molecule has 2 N–H and O–H groups in total. The van der Waals surface area contributed by atoms with Gasteiger partial charge < -0.3 is 9.88 Å². The predicted molar refractivity (Wildman–Crippen MR) is 94.0 cm³/mol. The summed E-state index contributed by atoms with van der Waals surface area (Å²) in [7, 11) is 1.47. The van der Waals surface area contributed by atoms with E-state index in [-0.39, 0.29) is 5.91 Å². The molecule has 1 fully saturated rings. The first-order chi connectivity index (χ1) is 11.6. The molecule has 8 heteroatoms. The van der Waals surface area contributed by atoms with Crippen LogP contribution in [0.15, 0.2) is 17.8 Å². The summed E-state index contributed by atoms with van der Waals surface area (Å²) in [6.07, 6.45) is 7.80. The molecule has 1 atom stereocenters. The third kappa shape index (κ3) is 4.59. The first kappa shape index (κ1) is 18.5. The molecule has 1 aromatic heterocycles. The van der Waals surface area contributed by atoms with E-state index in [1.165, 1.54) is 38.1 Å². The van der Waals surface area contributed by atoms with Gasteiger partial charge in [-0.05, 0) is 19.8 Å². The fourth-order valence-electron chi connectivity index (χ4n) is 2.84. The molecule has 1 heterocycles. The summed E-state index contributed by atoms with van der Waals surface area (Å²) in [6, 6.07) is -0.511. The van der Waals surface area contributed by atoms with E-state index in [9.17, 15) is 9.59 Å². The number of carbonyl (C=O) groups is 2. The Kier molecular flexibility index (Phi) is 6.84. The summed E-state index contributed by atoms with van der Waals surface area (Å²) >= 11 is 1.31. The second-order valence-corrected chi connectivity index (χ2v) is 7.21. The van der Waals surface area contributed by atoms with Gasteiger partial charge in [-0.3, -0.25) is 10.1 Å². The van der Waals surface area contributed by atoms with Crippen LogP contribution in [0.2, 0.25) is 0 Å². The first-order valence-corrected chi connectivity index (χ1v) is 9.18. The van der Waals surface area contributed by atoms with Crippen molar-refractivity contribution in [3.05, 3.63) is 18.5 Å². The molecule has 1 aliphatic rings. The third-order valence-corrected chi connectivity index (χ3v) is 5.22. The van der Waals surface area contributed by atoms with Crippen LogP contribution in [0.1, 0.15) is 50.8 Å². The Balaban J connectivity index is 2.11. The van der Waals surface area contributed by atoms with Crippen LogP contribution >= 0.6 is 11.8 Å². The van der Waals surface area contributed by atoms with Gasteiger partial charge in [-0.1, -0.05) is 37.1 Å². The monoisotopic (exact) mass is 351 g/mol. The Morgan fingerprint density at radius 3 is 2.71 bits per heavy atom. The molecule has 3 amide bonds. The number of imide groups is 1. The number of nitrogens with one attached hydrogen (secondary N) is 2. The molecule has 24 heavy (non-hydrogen) atoms. The molecule has 0 bridgehead atoms. The van der Waals surface area contributed by atoms with Crippen molar-refractivity contribution in [3.63, 3.8) is 0 Å². The lowest BCUT2D eigenvalue weighted by molar-refractivity contribution is -0.119. The summed E-state index contributed by atoms with van der Waals surface area (Å²) < 4.78 is 2.04. The van der Waals surface area contributed by atoms with E-state index in [0.717, 1.165) is 18.7 Å². The molecule has 132 valence electrons. The number of aromatic nitrogens is 3. The number of amides is 3. The highest BCUT2D eigenvalue weighted by Gasteiger charge is 2.25. The largest absolute Gasteiger partial charge is 0.341 e. The van der Waals surface area contributed by atoms with Gasteiger partial charge in [0.05, 0.1) is 5.25 Å². The lowest BCUT2D eigenvalue weighted by Crippen LogP contribution is -2.41. The van der Waals surface area contributed by atoms with Crippen molar-refractivity contribution in [1.29, 1.82) is 0 Å². The van der Waals surface area contributed by atoms with Gasteiger partial charge in [0.15, 0.2) is 5.16 Å². The highest BCUT2D eigenvalue weighted by atomic mass is 32.2. The maximum Gasteiger partial charge on any atom is 0.321 e. The molecule has 1 aliphatic carbocycles. The average molecular weight is 351 g/mol. The van der Waals surface area contributed by atoms with E-state index >= 15 is 0 Å². The van der Waals surface area contributed by atoms with Crippen molar-refractivity contribution < 1.29 is 9.59 Å². The molecule has 0 saturated heterocycles. The second-order valence-electron chi connectivity index (χ2n) is 5.90. The SMILES string of the molecule is C=CCn1c(SC(C)C(=O)NC(=O)NC)nnc1C1CCCCC1. The summed E-state index contributed by atoms with van der Waals surface area (Å²) in [5, 5.41) is 13.6. The molecule has 0 aliphatic heterocycles. The summed E-state index contributed by atoms with van der Waals surface area (Å²) in [5.74, 6) is 1.05. The van der Waals surface area contributed by atoms with Crippen LogP contribution in [0.5, 0.6) is 0 Å². The standard InChI is InChI=1S/C16H25N5O2S/c1-4-10-21-13(12-8-6-5-7-9-12)19-20-16(21)24-11(2)14(22)18-15(23)17-3/h4,11-12H,1,5-10H2,2-3H3,(H2,17,18,22,23). The number of carbonyl (C=O) groups excluding carboxylic acids is 2. The van der Waals surface area contributed by atoms with E-state index in [0.29, 0.717) is 17.6 Å². The second kappa shape index (κ2) is 8.86. The van der Waals surface area contributed by atoms with Crippen molar-refractivity contribution in [2.75, 3.05) is 7.05 Å². The first-order valence-electron chi connectivity index (χ1n) is 8.30. The normalized spacial score (nSPS) is 16.4. The number of hydrogen-bond acceptors (Lipinski definition) is 5. The van der Waals surface area contributed by atoms with Crippen LogP contribution in [-0.4, -0.2) is 39.0 Å². The van der Waals surface area contributed by atoms with Crippen molar-refractivity contribution >= 4 is 23.7 Å². The molecule has 1 saturated carbocycles. The van der Waals surface area contributed by atoms with E-state index in [2.05, 4.69) is 27.4 Å². The molecule has 1 aromatic rings. The van der Waals surface area contributed by atoms with Crippen molar-refractivity contribution in [2.45, 2.75) is 61.9 Å². The van der Waals surface area contributed by atoms with Crippen LogP contribution in [-0.2, 0) is 11.3 Å². The van der Waals surface area contributed by atoms with Gasteiger partial charge in [-0.15, -0.1) is 16.8 Å². The topological polar surface area (TPSA) is 88.9 Å². The van der Waals surface area contributed by atoms with Gasteiger partial charge in [0, 0.05) is 19.5 Å². The zero-order valence-corrected chi connectivity index (χ0v) is 15.1. The van der Waals surface area contributed by atoms with Gasteiger partial charge in [0.1, 0.15) is 5.82 Å². The molecule has 0 aromatic carbocycles. The smallest absolute Gasteiger partial charge is 0.321 e. The van der Waals surface area contributed by atoms with Crippen molar-refractivity contribution in [2.24, 2.45) is 0 Å². The Morgan fingerprint density at radius 1 is 1.38 bits per heavy atom. The summed E-state index contributed by atoms with van der Waals surface area (Å²) in [6.45, 7) is 6.17. The summed E-state index contributed by atoms with van der Waals surface area (Å²) in [5.41, 5.74) is 0. The van der Waals surface area contributed by atoms with E-state index in [1.807, 2.05) is 10.6 Å². The third-order valence-electron chi connectivity index (χ3n) is 4.14. The molecule has 7 nitrogen and oxygen atoms in total. The van der Waals surface area contributed by atoms with E-state index in [4.69, 9.17) is 0 Å². The minimum atomic E-state index is -0.511. The van der Waals surface area contributed by atoms with Gasteiger partial charge in [-0.2, -0.15) is 0 Å². The molecule has 0 radical (unpaired) electrons. The highest BCUT2D eigenvalue weighted by Crippen LogP contribution is 2.33. The number of rotatable bonds is 6. The molecular formula is C16H25N5O2S. The highest BCUT2D eigenvalue weighted by molar-refractivity contribution is 8.00. The minimum absolute atomic E-state index is 0.355. The van der Waals surface area contributed by atoms with Gasteiger partial charge in [0.2, 0.25) is 5.91 Å². The van der Waals surface area contributed by atoms with Crippen molar-refractivity contribution in [3.8, 4) is 0 Å². The number of hydrogen-bond donors (Lipinski definition) is 2. The van der Waals surface area contributed by atoms with Crippen LogP contribution in [0.25, 0.3) is 0 Å². The summed E-state index contributed by atoms with van der Waals surface area (Å²) in [4.78, 5) is 23.3. The van der Waals surface area contributed by atoms with E-state index < -0.39 is 11.3 Å². The Labute approximate surface area is 146 Å². The van der Waals surface area contributed by atoms with Crippen LogP contribution in [0, 0.1) is 0 Å². The van der Waals surface area contributed by atoms with Gasteiger partial charge >= 0.3 is 6.03 Å². The number of thioether (sulfide) groups is 1.